The highest BCUT2D eigenvalue weighted by Gasteiger charge is 2.02. The van der Waals surface area contributed by atoms with Crippen molar-refractivity contribution in [2.45, 2.75) is 25.7 Å². The quantitative estimate of drug-likeness (QED) is 0.561. The summed E-state index contributed by atoms with van der Waals surface area (Å²) >= 11 is 1.87. The maximum atomic E-state index is 11.7. The van der Waals surface area contributed by atoms with Crippen LogP contribution in [0.2, 0.25) is 0 Å². The van der Waals surface area contributed by atoms with E-state index in [-0.39, 0.29) is 5.91 Å². The Morgan fingerprint density at radius 2 is 2.17 bits per heavy atom. The first kappa shape index (κ1) is 14.9. The molecule has 0 aliphatic rings. The second-order valence-electron chi connectivity index (χ2n) is 4.33. The molecule has 0 aliphatic heterocycles. The van der Waals surface area contributed by atoms with Gasteiger partial charge in [-0.3, -0.25) is 4.79 Å². The van der Waals surface area contributed by atoms with Gasteiger partial charge in [0, 0.05) is 12.2 Å². The molecule has 0 atom stereocenters. The van der Waals surface area contributed by atoms with Crippen LogP contribution in [0.15, 0.2) is 24.3 Å². The first-order valence-electron chi connectivity index (χ1n) is 6.32. The molecule has 0 unspecified atom stereocenters. The van der Waals surface area contributed by atoms with E-state index in [1.165, 1.54) is 18.6 Å². The number of rotatable bonds is 8. The average molecular weight is 266 g/mol. The highest BCUT2D eigenvalue weighted by atomic mass is 32.2. The largest absolute Gasteiger partial charge is 0.399 e. The summed E-state index contributed by atoms with van der Waals surface area (Å²) in [7, 11) is 0. The van der Waals surface area contributed by atoms with Gasteiger partial charge in [-0.05, 0) is 42.5 Å². The Morgan fingerprint density at radius 3 is 2.89 bits per heavy atom. The number of benzene rings is 1. The molecule has 0 saturated heterocycles. The normalized spacial score (nSPS) is 10.3. The van der Waals surface area contributed by atoms with Gasteiger partial charge in [0.15, 0.2) is 0 Å². The molecule has 1 amide bonds. The van der Waals surface area contributed by atoms with Crippen molar-refractivity contribution in [2.75, 3.05) is 24.3 Å². The predicted octanol–water partition coefficient (Wildman–Crippen LogP) is 2.46. The number of amides is 1. The third-order valence-corrected chi connectivity index (χ3v) is 3.36. The molecule has 0 aliphatic carbocycles. The molecule has 0 aromatic heterocycles. The summed E-state index contributed by atoms with van der Waals surface area (Å²) in [6.07, 6.45) is 6.00. The monoisotopic (exact) mass is 266 g/mol. The zero-order chi connectivity index (χ0) is 13.2. The zero-order valence-corrected chi connectivity index (χ0v) is 11.8. The van der Waals surface area contributed by atoms with Crippen LogP contribution in [0.3, 0.4) is 0 Å². The topological polar surface area (TPSA) is 55.1 Å². The molecule has 0 bridgehead atoms. The van der Waals surface area contributed by atoms with Gasteiger partial charge >= 0.3 is 0 Å². The van der Waals surface area contributed by atoms with Gasteiger partial charge in [-0.25, -0.2) is 0 Å². The second kappa shape index (κ2) is 8.86. The van der Waals surface area contributed by atoms with Crippen LogP contribution in [0.4, 0.5) is 5.69 Å². The summed E-state index contributed by atoms with van der Waals surface area (Å²) in [5.41, 5.74) is 7.34. The SMILES string of the molecule is CSCCCCCNC(=O)Cc1cccc(N)c1. The Balaban J connectivity index is 2.14. The van der Waals surface area contributed by atoms with E-state index in [0.29, 0.717) is 12.1 Å². The maximum Gasteiger partial charge on any atom is 0.224 e. The molecule has 4 heteroatoms. The fourth-order valence-electron chi connectivity index (χ4n) is 1.73. The molecule has 0 saturated carbocycles. The van der Waals surface area contributed by atoms with Crippen LogP contribution in [0.5, 0.6) is 0 Å². The first-order chi connectivity index (χ1) is 8.72. The molecule has 3 nitrogen and oxygen atoms in total. The molecule has 1 aromatic carbocycles. The lowest BCUT2D eigenvalue weighted by Gasteiger charge is -2.05. The third-order valence-electron chi connectivity index (χ3n) is 2.66. The van der Waals surface area contributed by atoms with Crippen molar-refractivity contribution in [1.82, 2.24) is 5.32 Å². The average Bonchev–Trinajstić information content (AvgIpc) is 2.33. The minimum absolute atomic E-state index is 0.0745. The van der Waals surface area contributed by atoms with E-state index >= 15 is 0 Å². The number of nitrogens with two attached hydrogens (primary N) is 1. The van der Waals surface area contributed by atoms with Gasteiger partial charge in [-0.2, -0.15) is 11.8 Å². The highest BCUT2D eigenvalue weighted by Crippen LogP contribution is 2.07. The van der Waals surface area contributed by atoms with Crippen LogP contribution < -0.4 is 11.1 Å². The molecule has 0 fully saturated rings. The maximum absolute atomic E-state index is 11.7. The Morgan fingerprint density at radius 1 is 1.33 bits per heavy atom. The van der Waals surface area contributed by atoms with Crippen molar-refractivity contribution in [3.05, 3.63) is 29.8 Å². The van der Waals surface area contributed by atoms with Gasteiger partial charge < -0.3 is 11.1 Å². The summed E-state index contributed by atoms with van der Waals surface area (Å²) in [5.74, 6) is 1.28. The number of hydrogen-bond donors (Lipinski definition) is 2. The van der Waals surface area contributed by atoms with Crippen molar-refractivity contribution in [2.24, 2.45) is 0 Å². The molecule has 3 N–H and O–H groups in total. The fourth-order valence-corrected chi connectivity index (χ4v) is 2.22. The molecule has 18 heavy (non-hydrogen) atoms. The van der Waals surface area contributed by atoms with Gasteiger partial charge in [0.05, 0.1) is 6.42 Å². The molecule has 100 valence electrons. The van der Waals surface area contributed by atoms with E-state index in [0.717, 1.165) is 18.5 Å². The van der Waals surface area contributed by atoms with Crippen molar-refractivity contribution in [1.29, 1.82) is 0 Å². The predicted molar refractivity (Wildman–Crippen MR) is 79.8 cm³/mol. The lowest BCUT2D eigenvalue weighted by molar-refractivity contribution is -0.120. The number of carbonyl (C=O) groups excluding carboxylic acids is 1. The van der Waals surface area contributed by atoms with Gasteiger partial charge in [-0.1, -0.05) is 18.6 Å². The highest BCUT2D eigenvalue weighted by molar-refractivity contribution is 7.98. The Labute approximate surface area is 114 Å². The van der Waals surface area contributed by atoms with E-state index in [1.807, 2.05) is 36.0 Å². The van der Waals surface area contributed by atoms with Crippen molar-refractivity contribution >= 4 is 23.4 Å². The molecular weight excluding hydrogens is 244 g/mol. The Hall–Kier alpha value is -1.16. The third kappa shape index (κ3) is 6.55. The summed E-state index contributed by atoms with van der Waals surface area (Å²) in [5, 5.41) is 2.94. The van der Waals surface area contributed by atoms with Crippen LogP contribution in [0.1, 0.15) is 24.8 Å². The molecule has 0 spiro atoms. The standard InChI is InChI=1S/C14H22N2OS/c1-18-9-4-2-3-8-16-14(17)11-12-6-5-7-13(15)10-12/h5-7,10H,2-4,8-9,11,15H2,1H3,(H,16,17). The van der Waals surface area contributed by atoms with Crippen LogP contribution in [0.25, 0.3) is 0 Å². The molecule has 1 rings (SSSR count). The lowest BCUT2D eigenvalue weighted by atomic mass is 10.1. The van der Waals surface area contributed by atoms with Crippen molar-refractivity contribution < 1.29 is 4.79 Å². The molecule has 1 aromatic rings. The Kier molecular flexibility index (Phi) is 7.34. The van der Waals surface area contributed by atoms with Crippen LogP contribution >= 0.6 is 11.8 Å². The summed E-state index contributed by atoms with van der Waals surface area (Å²) in [4.78, 5) is 11.7. The van der Waals surface area contributed by atoms with Crippen LogP contribution in [-0.4, -0.2) is 24.5 Å². The zero-order valence-electron chi connectivity index (χ0n) is 10.9. The van der Waals surface area contributed by atoms with Gasteiger partial charge in [0.25, 0.3) is 0 Å². The van der Waals surface area contributed by atoms with Gasteiger partial charge in [-0.15, -0.1) is 0 Å². The number of anilines is 1. The second-order valence-corrected chi connectivity index (χ2v) is 5.31. The van der Waals surface area contributed by atoms with E-state index in [9.17, 15) is 4.79 Å². The van der Waals surface area contributed by atoms with Gasteiger partial charge in [0.1, 0.15) is 0 Å². The van der Waals surface area contributed by atoms with E-state index in [2.05, 4.69) is 11.6 Å². The summed E-state index contributed by atoms with van der Waals surface area (Å²) in [6, 6.07) is 7.47. The number of carbonyl (C=O) groups is 1. The lowest BCUT2D eigenvalue weighted by Crippen LogP contribution is -2.26. The van der Waals surface area contributed by atoms with Crippen molar-refractivity contribution in [3.8, 4) is 0 Å². The van der Waals surface area contributed by atoms with Gasteiger partial charge in [0.2, 0.25) is 5.91 Å². The minimum atomic E-state index is 0.0745. The van der Waals surface area contributed by atoms with E-state index < -0.39 is 0 Å². The van der Waals surface area contributed by atoms with Crippen LogP contribution in [0, 0.1) is 0 Å². The van der Waals surface area contributed by atoms with Crippen molar-refractivity contribution in [3.63, 3.8) is 0 Å². The van der Waals surface area contributed by atoms with E-state index in [4.69, 9.17) is 5.73 Å². The summed E-state index contributed by atoms with van der Waals surface area (Å²) in [6.45, 7) is 0.773. The van der Waals surface area contributed by atoms with Crippen LogP contribution in [-0.2, 0) is 11.2 Å². The number of nitrogens with one attached hydrogen (secondary N) is 1. The summed E-state index contributed by atoms with van der Waals surface area (Å²) < 4.78 is 0. The number of unbranched alkanes of at least 4 members (excludes halogenated alkanes) is 2. The molecule has 0 radical (unpaired) electrons. The number of thioether (sulfide) groups is 1. The first-order valence-corrected chi connectivity index (χ1v) is 7.72. The number of hydrogen-bond acceptors (Lipinski definition) is 3. The molecular formula is C14H22N2OS. The van der Waals surface area contributed by atoms with E-state index in [1.54, 1.807) is 0 Å². The molecule has 0 heterocycles. The fraction of sp³-hybridized carbons (Fsp3) is 0.500. The Bertz CT molecular complexity index is 369. The minimum Gasteiger partial charge on any atom is -0.399 e. The number of nitrogen functional groups attached to an aromatic ring is 1. The smallest absolute Gasteiger partial charge is 0.224 e.